The van der Waals surface area contributed by atoms with Gasteiger partial charge in [-0.05, 0) is 12.3 Å². The minimum absolute atomic E-state index is 0.311. The molecule has 9 heavy (non-hydrogen) atoms. The first kappa shape index (κ1) is 9.68. The third kappa shape index (κ3) is 8.68. The molecule has 0 bridgehead atoms. The van der Waals surface area contributed by atoms with Gasteiger partial charge in [0, 0.05) is 0 Å². The Hall–Kier alpha value is 0.680. The largest absolute Gasteiger partial charge is 0.218 e. The van der Waals surface area contributed by atoms with Gasteiger partial charge in [-0.15, -0.1) is 0 Å². The lowest BCUT2D eigenvalue weighted by molar-refractivity contribution is 0.587. The molecule has 0 aromatic rings. The van der Waals surface area contributed by atoms with Crippen LogP contribution >= 0.6 is 21.2 Å². The molecule has 0 N–H and O–H groups in total. The van der Waals surface area contributed by atoms with Gasteiger partial charge in [0.2, 0.25) is 7.01 Å². The average Bonchev–Trinajstić information content (AvgIpc) is 1.59. The second kappa shape index (κ2) is 3.75. The maximum absolute atomic E-state index is 10.5. The van der Waals surface area contributed by atoms with Gasteiger partial charge >= 0.3 is 0 Å². The van der Waals surface area contributed by atoms with Gasteiger partial charge in [0.1, 0.15) is 0 Å². The minimum atomic E-state index is -2.75. The van der Waals surface area contributed by atoms with Crippen molar-refractivity contribution in [1.82, 2.24) is 0 Å². The second-order valence-corrected chi connectivity index (χ2v) is 7.94. The van der Waals surface area contributed by atoms with E-state index in [2.05, 4.69) is 0 Å². The van der Waals surface area contributed by atoms with Gasteiger partial charge < -0.3 is 0 Å². The maximum Gasteiger partial charge on any atom is 0.203 e. The second-order valence-electron chi connectivity index (χ2n) is 2.43. The van der Waals surface area contributed by atoms with Gasteiger partial charge in [-0.25, -0.2) is 8.42 Å². The number of rotatable bonds is 3. The van der Waals surface area contributed by atoms with Crippen LogP contribution in [-0.2, 0) is 7.01 Å². The van der Waals surface area contributed by atoms with Crippen LogP contribution in [0.4, 0.5) is 0 Å². The quantitative estimate of drug-likeness (QED) is 0.574. The minimum Gasteiger partial charge on any atom is -0.218 e. The molecule has 2 nitrogen and oxygen atoms in total. The molecular formula is C5H11IO2S. The van der Waals surface area contributed by atoms with Crippen LogP contribution < -0.4 is 0 Å². The number of hydrogen-bond donors (Lipinski definition) is 0. The highest BCUT2D eigenvalue weighted by molar-refractivity contribution is 14.2. The fourth-order valence-electron chi connectivity index (χ4n) is 0.376. The molecule has 0 aliphatic heterocycles. The summed E-state index contributed by atoms with van der Waals surface area (Å²) < 4.78 is 21.0. The zero-order valence-electron chi connectivity index (χ0n) is 5.59. The summed E-state index contributed by atoms with van der Waals surface area (Å²) in [5.41, 5.74) is 0. The Labute approximate surface area is 68.5 Å². The van der Waals surface area contributed by atoms with Crippen molar-refractivity contribution in [1.29, 1.82) is 0 Å². The molecule has 0 aromatic carbocycles. The molecule has 0 unspecified atom stereocenters. The predicted octanol–water partition coefficient (Wildman–Crippen LogP) is 1.80. The number of hydrogen-bond acceptors (Lipinski definition) is 2. The van der Waals surface area contributed by atoms with Crippen molar-refractivity contribution in [3.05, 3.63) is 0 Å². The molecule has 0 aliphatic carbocycles. The van der Waals surface area contributed by atoms with E-state index in [9.17, 15) is 8.42 Å². The van der Waals surface area contributed by atoms with Crippen molar-refractivity contribution in [2.24, 2.45) is 5.92 Å². The van der Waals surface area contributed by atoms with Crippen LogP contribution in [0.15, 0.2) is 0 Å². The van der Waals surface area contributed by atoms with Crippen LogP contribution in [0.1, 0.15) is 20.3 Å². The molecule has 0 aliphatic rings. The highest BCUT2D eigenvalue weighted by atomic mass is 127. The van der Waals surface area contributed by atoms with E-state index < -0.39 is 7.01 Å². The summed E-state index contributed by atoms with van der Waals surface area (Å²) in [7, 11) is -2.75. The lowest BCUT2D eigenvalue weighted by atomic mass is 10.2. The standard InChI is InChI=1S/C5H11IO2S/c1-5(2)3-4-9(6,7)8/h5H,3-4H2,1-2H3. The Morgan fingerprint density at radius 1 is 1.44 bits per heavy atom. The van der Waals surface area contributed by atoms with Crippen molar-refractivity contribution in [2.75, 3.05) is 5.75 Å². The molecule has 0 aromatic heterocycles. The van der Waals surface area contributed by atoms with Crippen LogP contribution in [0.3, 0.4) is 0 Å². The lowest BCUT2D eigenvalue weighted by Gasteiger charge is -1.99. The smallest absolute Gasteiger partial charge is 0.203 e. The maximum atomic E-state index is 10.5. The summed E-state index contributed by atoms with van der Waals surface area (Å²) in [6.45, 7) is 4.03. The highest BCUT2D eigenvalue weighted by Crippen LogP contribution is 2.08. The third-order valence-electron chi connectivity index (χ3n) is 0.939. The molecule has 0 radical (unpaired) electrons. The van der Waals surface area contributed by atoms with Crippen LogP contribution in [0.25, 0.3) is 0 Å². The molecule has 0 amide bonds. The normalized spacial score (nSPS) is 12.4. The van der Waals surface area contributed by atoms with Gasteiger partial charge in [0.15, 0.2) is 0 Å². The Morgan fingerprint density at radius 3 is 2.00 bits per heavy atom. The molecule has 4 heteroatoms. The van der Waals surface area contributed by atoms with Gasteiger partial charge in [0.05, 0.1) is 27.0 Å². The van der Waals surface area contributed by atoms with E-state index in [1.807, 2.05) is 13.8 Å². The van der Waals surface area contributed by atoms with E-state index in [-0.39, 0.29) is 0 Å². The predicted molar refractivity (Wildman–Crippen MR) is 47.3 cm³/mol. The number of halogens is 1. The van der Waals surface area contributed by atoms with Crippen molar-refractivity contribution in [3.8, 4) is 0 Å². The summed E-state index contributed by atoms with van der Waals surface area (Å²) >= 11 is 1.48. The lowest BCUT2D eigenvalue weighted by Crippen LogP contribution is -1.99. The van der Waals surface area contributed by atoms with Gasteiger partial charge in [-0.2, -0.15) is 0 Å². The fourth-order valence-corrected chi connectivity index (χ4v) is 1.89. The summed E-state index contributed by atoms with van der Waals surface area (Å²) in [6.07, 6.45) is 0.769. The monoisotopic (exact) mass is 262 g/mol. The van der Waals surface area contributed by atoms with Crippen molar-refractivity contribution in [2.45, 2.75) is 20.3 Å². The first-order valence-electron chi connectivity index (χ1n) is 2.84. The topological polar surface area (TPSA) is 34.1 Å². The summed E-state index contributed by atoms with van der Waals surface area (Å²) in [6, 6.07) is 0. The molecule has 0 fully saturated rings. The van der Waals surface area contributed by atoms with E-state index in [4.69, 9.17) is 0 Å². The SMILES string of the molecule is CC(C)CCS(=O)(=O)I. The van der Waals surface area contributed by atoms with Crippen LogP contribution in [0, 0.1) is 5.92 Å². The Balaban J connectivity index is 3.53. The van der Waals surface area contributed by atoms with Crippen LogP contribution in [0.5, 0.6) is 0 Å². The van der Waals surface area contributed by atoms with E-state index in [0.717, 1.165) is 6.42 Å². The molecular weight excluding hydrogens is 251 g/mol. The molecule has 0 saturated heterocycles. The third-order valence-corrected chi connectivity index (χ3v) is 2.98. The van der Waals surface area contributed by atoms with E-state index in [0.29, 0.717) is 11.7 Å². The zero-order chi connectivity index (χ0) is 7.49. The Kier molecular flexibility index (Phi) is 4.04. The fraction of sp³-hybridized carbons (Fsp3) is 1.00. The molecule has 0 saturated carbocycles. The van der Waals surface area contributed by atoms with Crippen molar-refractivity contribution in [3.63, 3.8) is 0 Å². The summed E-state index contributed by atoms with van der Waals surface area (Å²) in [5.74, 6) is 0.792. The molecule has 0 rings (SSSR count). The average molecular weight is 262 g/mol. The van der Waals surface area contributed by atoms with E-state index in [1.54, 1.807) is 0 Å². The zero-order valence-corrected chi connectivity index (χ0v) is 8.57. The van der Waals surface area contributed by atoms with Gasteiger partial charge in [0.25, 0.3) is 0 Å². The molecule has 0 atom stereocenters. The first-order valence-corrected chi connectivity index (χ1v) is 7.03. The Bertz CT molecular complexity index is 160. The van der Waals surface area contributed by atoms with Crippen LogP contribution in [-0.4, -0.2) is 14.2 Å². The highest BCUT2D eigenvalue weighted by Gasteiger charge is 2.04. The molecule has 56 valence electrons. The van der Waals surface area contributed by atoms with Crippen LogP contribution in [0.2, 0.25) is 0 Å². The summed E-state index contributed by atoms with van der Waals surface area (Å²) in [4.78, 5) is 0. The molecule has 0 spiro atoms. The van der Waals surface area contributed by atoms with Crippen molar-refractivity contribution < 1.29 is 8.42 Å². The van der Waals surface area contributed by atoms with E-state index in [1.165, 1.54) is 21.2 Å². The van der Waals surface area contributed by atoms with Gasteiger partial charge in [-0.3, -0.25) is 0 Å². The van der Waals surface area contributed by atoms with Crippen molar-refractivity contribution >= 4 is 28.2 Å². The first-order chi connectivity index (χ1) is 3.92. The van der Waals surface area contributed by atoms with E-state index >= 15 is 0 Å². The summed E-state index contributed by atoms with van der Waals surface area (Å²) in [5, 5.41) is 0. The van der Waals surface area contributed by atoms with Gasteiger partial charge in [-0.1, -0.05) is 13.8 Å². The Morgan fingerprint density at radius 2 is 1.89 bits per heavy atom. The molecule has 0 heterocycles.